The molecule has 1 aliphatic heterocycles. The molecule has 1 aliphatic rings. The summed E-state index contributed by atoms with van der Waals surface area (Å²) in [4.78, 5) is 0. The van der Waals surface area contributed by atoms with Crippen molar-refractivity contribution in [2.45, 2.75) is 18.6 Å². The Morgan fingerprint density at radius 3 is 2.79 bits per heavy atom. The average molecular weight is 185 g/mol. The molecule has 2 atom stereocenters. The molecule has 1 heterocycles. The first-order valence-corrected chi connectivity index (χ1v) is 4.56. The first kappa shape index (κ1) is 8.98. The van der Waals surface area contributed by atoms with Gasteiger partial charge in [-0.2, -0.15) is 5.26 Å². The molecular formula is C12H11NO. The summed E-state index contributed by atoms with van der Waals surface area (Å²) in [5.41, 5.74) is 0.884. The van der Waals surface area contributed by atoms with E-state index in [4.69, 9.17) is 10.00 Å². The lowest BCUT2D eigenvalue weighted by molar-refractivity contribution is 0.345. The standard InChI is InChI=1S/C12H11NO/c1-12(8-5-9-13)11(14-12)10-6-3-2-4-7-10/h2-8,11H,1H3/b8-5+/t11-,12-/m1/s1. The van der Waals surface area contributed by atoms with E-state index in [2.05, 4.69) is 0 Å². The number of hydrogen-bond acceptors (Lipinski definition) is 2. The molecule has 0 aliphatic carbocycles. The van der Waals surface area contributed by atoms with Crippen LogP contribution in [0, 0.1) is 11.3 Å². The fraction of sp³-hybridized carbons (Fsp3) is 0.250. The Balaban J connectivity index is 2.13. The van der Waals surface area contributed by atoms with Crippen LogP contribution in [-0.4, -0.2) is 5.60 Å². The van der Waals surface area contributed by atoms with Gasteiger partial charge in [0.25, 0.3) is 0 Å². The van der Waals surface area contributed by atoms with E-state index in [1.807, 2.05) is 49.4 Å². The zero-order chi connectivity index (χ0) is 10.0. The molecule has 1 aromatic carbocycles. The number of nitriles is 1. The monoisotopic (exact) mass is 185 g/mol. The van der Waals surface area contributed by atoms with Crippen LogP contribution in [0.5, 0.6) is 0 Å². The van der Waals surface area contributed by atoms with Gasteiger partial charge in [0.2, 0.25) is 0 Å². The average Bonchev–Trinajstić information content (AvgIpc) is 2.90. The fourth-order valence-electron chi connectivity index (χ4n) is 1.58. The quantitative estimate of drug-likeness (QED) is 0.524. The molecular weight excluding hydrogens is 174 g/mol. The summed E-state index contributed by atoms with van der Waals surface area (Å²) in [5.74, 6) is 0. The third kappa shape index (κ3) is 1.55. The Hall–Kier alpha value is -1.59. The Bertz CT molecular complexity index is 391. The van der Waals surface area contributed by atoms with Crippen LogP contribution in [-0.2, 0) is 4.74 Å². The summed E-state index contributed by atoms with van der Waals surface area (Å²) < 4.78 is 5.55. The van der Waals surface area contributed by atoms with Crippen LogP contribution in [0.1, 0.15) is 18.6 Å². The number of benzene rings is 1. The molecule has 14 heavy (non-hydrogen) atoms. The first-order valence-electron chi connectivity index (χ1n) is 4.56. The molecule has 1 fully saturated rings. The van der Waals surface area contributed by atoms with Crippen molar-refractivity contribution in [2.24, 2.45) is 0 Å². The third-order valence-corrected chi connectivity index (χ3v) is 2.43. The van der Waals surface area contributed by atoms with Gasteiger partial charge >= 0.3 is 0 Å². The third-order valence-electron chi connectivity index (χ3n) is 2.43. The van der Waals surface area contributed by atoms with Gasteiger partial charge in [-0.1, -0.05) is 30.3 Å². The summed E-state index contributed by atoms with van der Waals surface area (Å²) in [6.45, 7) is 1.98. The van der Waals surface area contributed by atoms with Gasteiger partial charge in [-0.3, -0.25) is 0 Å². The van der Waals surface area contributed by atoms with E-state index >= 15 is 0 Å². The highest BCUT2D eigenvalue weighted by molar-refractivity contribution is 5.30. The fourth-order valence-corrected chi connectivity index (χ4v) is 1.58. The molecule has 1 saturated heterocycles. The van der Waals surface area contributed by atoms with Crippen LogP contribution in [0.3, 0.4) is 0 Å². The minimum Gasteiger partial charge on any atom is -0.357 e. The van der Waals surface area contributed by atoms with Gasteiger partial charge in [-0.05, 0) is 18.6 Å². The van der Waals surface area contributed by atoms with Crippen LogP contribution in [0.4, 0.5) is 0 Å². The Labute approximate surface area is 83.4 Å². The van der Waals surface area contributed by atoms with Crippen molar-refractivity contribution in [3.8, 4) is 6.07 Å². The number of hydrogen-bond donors (Lipinski definition) is 0. The summed E-state index contributed by atoms with van der Waals surface area (Å²) >= 11 is 0. The molecule has 0 N–H and O–H groups in total. The lowest BCUT2D eigenvalue weighted by Crippen LogP contribution is -2.00. The van der Waals surface area contributed by atoms with Crippen molar-refractivity contribution >= 4 is 0 Å². The summed E-state index contributed by atoms with van der Waals surface area (Å²) in [6.07, 6.45) is 3.39. The van der Waals surface area contributed by atoms with Crippen LogP contribution < -0.4 is 0 Å². The normalized spacial score (nSPS) is 30.1. The molecule has 0 bridgehead atoms. The van der Waals surface area contributed by atoms with Crippen LogP contribution in [0.15, 0.2) is 42.5 Å². The van der Waals surface area contributed by atoms with E-state index < -0.39 is 0 Å². The second-order valence-electron chi connectivity index (χ2n) is 3.55. The number of ether oxygens (including phenoxy) is 1. The number of allylic oxidation sites excluding steroid dienone is 1. The summed E-state index contributed by atoms with van der Waals surface area (Å²) in [7, 11) is 0. The lowest BCUT2D eigenvalue weighted by atomic mass is 10.0. The SMILES string of the molecule is C[C@]1(/C=C/C#N)O[C@@H]1c1ccccc1. The number of nitrogens with zero attached hydrogens (tertiary/aromatic N) is 1. The molecule has 0 spiro atoms. The minimum atomic E-state index is -0.281. The van der Waals surface area contributed by atoms with Crippen LogP contribution in [0.25, 0.3) is 0 Å². The van der Waals surface area contributed by atoms with Crippen molar-refractivity contribution in [2.75, 3.05) is 0 Å². The molecule has 2 heteroatoms. The highest BCUT2D eigenvalue weighted by Crippen LogP contribution is 2.50. The van der Waals surface area contributed by atoms with E-state index in [9.17, 15) is 0 Å². The summed E-state index contributed by atoms with van der Waals surface area (Å²) in [6, 6.07) is 12.0. The zero-order valence-corrected chi connectivity index (χ0v) is 7.97. The second kappa shape index (κ2) is 3.28. The van der Waals surface area contributed by atoms with Crippen molar-refractivity contribution in [3.63, 3.8) is 0 Å². The molecule has 70 valence electrons. The van der Waals surface area contributed by atoms with Gasteiger partial charge in [0.15, 0.2) is 0 Å². The van der Waals surface area contributed by atoms with Crippen LogP contribution in [0.2, 0.25) is 0 Å². The van der Waals surface area contributed by atoms with E-state index in [1.54, 1.807) is 0 Å². The molecule has 0 radical (unpaired) electrons. The topological polar surface area (TPSA) is 36.3 Å². The van der Waals surface area contributed by atoms with E-state index in [-0.39, 0.29) is 11.7 Å². The van der Waals surface area contributed by atoms with Gasteiger partial charge in [0, 0.05) is 6.08 Å². The predicted octanol–water partition coefficient (Wildman–Crippen LogP) is 2.60. The lowest BCUT2D eigenvalue weighted by Gasteiger charge is -1.97. The Morgan fingerprint density at radius 2 is 2.14 bits per heavy atom. The molecule has 2 rings (SSSR count). The van der Waals surface area contributed by atoms with Crippen molar-refractivity contribution in [3.05, 3.63) is 48.0 Å². The van der Waals surface area contributed by atoms with Crippen LogP contribution >= 0.6 is 0 Å². The van der Waals surface area contributed by atoms with Gasteiger partial charge in [-0.15, -0.1) is 0 Å². The maximum atomic E-state index is 8.42. The molecule has 0 saturated carbocycles. The highest BCUT2D eigenvalue weighted by Gasteiger charge is 2.50. The van der Waals surface area contributed by atoms with Crippen molar-refractivity contribution in [1.82, 2.24) is 0 Å². The van der Waals surface area contributed by atoms with Gasteiger partial charge < -0.3 is 4.74 Å². The van der Waals surface area contributed by atoms with Gasteiger partial charge in [0.05, 0.1) is 6.07 Å². The van der Waals surface area contributed by atoms with E-state index in [1.165, 1.54) is 6.08 Å². The molecule has 1 aromatic rings. The predicted molar refractivity (Wildman–Crippen MR) is 53.4 cm³/mol. The molecule has 0 aromatic heterocycles. The number of rotatable bonds is 2. The Morgan fingerprint density at radius 1 is 1.43 bits per heavy atom. The summed E-state index contributed by atoms with van der Waals surface area (Å²) in [5, 5.41) is 8.42. The highest BCUT2D eigenvalue weighted by atomic mass is 16.6. The van der Waals surface area contributed by atoms with Crippen molar-refractivity contribution < 1.29 is 4.74 Å². The molecule has 0 amide bonds. The van der Waals surface area contributed by atoms with E-state index in [0.29, 0.717) is 0 Å². The number of epoxide rings is 1. The van der Waals surface area contributed by atoms with Gasteiger partial charge in [-0.25, -0.2) is 0 Å². The molecule has 2 nitrogen and oxygen atoms in total. The van der Waals surface area contributed by atoms with Crippen molar-refractivity contribution in [1.29, 1.82) is 5.26 Å². The minimum absolute atomic E-state index is 0.105. The maximum absolute atomic E-state index is 8.42. The Kier molecular flexibility index (Phi) is 2.11. The second-order valence-corrected chi connectivity index (χ2v) is 3.55. The van der Waals surface area contributed by atoms with Gasteiger partial charge in [0.1, 0.15) is 11.7 Å². The van der Waals surface area contributed by atoms with E-state index in [0.717, 1.165) is 5.56 Å². The first-order chi connectivity index (χ1) is 6.76. The maximum Gasteiger partial charge on any atom is 0.116 e. The smallest absolute Gasteiger partial charge is 0.116 e. The largest absolute Gasteiger partial charge is 0.357 e. The molecule has 0 unspecified atom stereocenters. The zero-order valence-electron chi connectivity index (χ0n) is 7.97.